The van der Waals surface area contributed by atoms with Gasteiger partial charge in [0, 0.05) is 33.3 Å². The number of allylic oxidation sites excluding steroid dienone is 3. The van der Waals surface area contributed by atoms with Crippen LogP contribution < -0.4 is 0 Å². The molecule has 24 heteroatoms. The SMILES string of the molecule is CC=C(C)C(=O)O[C@H]1[C@H](OC(=O)C(C)=CC)[C@@]2(CO)C(CC1(C)C)C1=CCC3[C@@]4(C)CC[C@H](O[C@@H]5OC(C(=O)O)[C@@H](O)[C@@H](CO[C@@H]6O[C@@H](CO)C(O)[C@@H]6O)C5O[C@@H]5OC(CO)[C@@H](O)[C@@H](O)C5O)[C@](C)(CO)C4CC[C@@]3(C)[C@]1(C)[C@@H](O)[C@H]2O. The van der Waals surface area contributed by atoms with Crippen molar-refractivity contribution in [2.45, 2.75) is 218 Å². The summed E-state index contributed by atoms with van der Waals surface area (Å²) in [5.74, 6) is -5.90. The third-order valence-electron chi connectivity index (χ3n) is 21.9. The molecule has 0 aromatic heterocycles. The molecule has 0 radical (unpaired) electrons. The minimum absolute atomic E-state index is 0.196. The summed E-state index contributed by atoms with van der Waals surface area (Å²) < 4.78 is 48.8. The van der Waals surface area contributed by atoms with E-state index in [1.165, 1.54) is 0 Å². The molecule has 82 heavy (non-hydrogen) atoms. The van der Waals surface area contributed by atoms with E-state index in [-0.39, 0.29) is 30.3 Å². The molecular formula is C58H90O24. The maximum atomic E-state index is 13.9. The number of aliphatic carboxylic acids is 1. The Kier molecular flexibility index (Phi) is 18.9. The predicted molar refractivity (Wildman–Crippen MR) is 283 cm³/mol. The first-order valence-electron chi connectivity index (χ1n) is 28.8. The summed E-state index contributed by atoms with van der Waals surface area (Å²) in [6, 6.07) is 0. The molecular weight excluding hydrogens is 1080 g/mol. The number of carbonyl (C=O) groups excluding carboxylic acids is 2. The second-order valence-electron chi connectivity index (χ2n) is 26.2. The molecule has 0 aromatic rings. The van der Waals surface area contributed by atoms with Gasteiger partial charge in [0.1, 0.15) is 54.9 Å². The summed E-state index contributed by atoms with van der Waals surface area (Å²) in [7, 11) is 0. The fourth-order valence-electron chi connectivity index (χ4n) is 16.5. The average molecular weight is 1170 g/mol. The predicted octanol–water partition coefficient (Wildman–Crippen LogP) is -0.517. The zero-order valence-electron chi connectivity index (χ0n) is 48.5. The van der Waals surface area contributed by atoms with Crippen molar-refractivity contribution < 1.29 is 119 Å². The highest BCUT2D eigenvalue weighted by molar-refractivity contribution is 5.89. The van der Waals surface area contributed by atoms with Gasteiger partial charge in [-0.05, 0) is 94.8 Å². The van der Waals surface area contributed by atoms with Gasteiger partial charge in [-0.15, -0.1) is 0 Å². The fourth-order valence-corrected chi connectivity index (χ4v) is 16.5. The molecule has 0 amide bonds. The molecule has 13 N–H and O–H groups in total. The number of aliphatic hydroxyl groups excluding tert-OH is 12. The van der Waals surface area contributed by atoms with Crippen molar-refractivity contribution in [3.63, 3.8) is 0 Å². The highest BCUT2D eigenvalue weighted by atomic mass is 16.8. The lowest BCUT2D eigenvalue weighted by Crippen LogP contribution is -2.76. The molecule has 3 heterocycles. The highest BCUT2D eigenvalue weighted by Crippen LogP contribution is 2.76. The smallest absolute Gasteiger partial charge is 0.335 e. The first-order valence-corrected chi connectivity index (χ1v) is 28.8. The van der Waals surface area contributed by atoms with Gasteiger partial charge in [-0.2, -0.15) is 0 Å². The van der Waals surface area contributed by atoms with E-state index in [4.69, 9.17) is 37.9 Å². The van der Waals surface area contributed by atoms with E-state index >= 15 is 0 Å². The summed E-state index contributed by atoms with van der Waals surface area (Å²) in [6.07, 6.45) is -22.2. The van der Waals surface area contributed by atoms with Crippen molar-refractivity contribution in [3.8, 4) is 0 Å². The van der Waals surface area contributed by atoms with Gasteiger partial charge in [0.25, 0.3) is 0 Å². The minimum atomic E-state index is -2.04. The fraction of sp³-hybridized carbons (Fsp3) is 0.845. The van der Waals surface area contributed by atoms with E-state index in [2.05, 4.69) is 19.9 Å². The lowest BCUT2D eigenvalue weighted by atomic mass is 9.32. The van der Waals surface area contributed by atoms with E-state index in [9.17, 15) is 80.8 Å². The van der Waals surface area contributed by atoms with Crippen molar-refractivity contribution in [1.29, 1.82) is 0 Å². The molecule has 0 bridgehead atoms. The molecule has 7 fully saturated rings. The van der Waals surface area contributed by atoms with Gasteiger partial charge >= 0.3 is 17.9 Å². The van der Waals surface area contributed by atoms with Crippen LogP contribution in [0, 0.1) is 56.2 Å². The van der Waals surface area contributed by atoms with Crippen LogP contribution in [0.5, 0.6) is 0 Å². The number of aliphatic hydroxyl groups is 12. The third kappa shape index (κ3) is 10.2. The molecule has 3 aliphatic heterocycles. The van der Waals surface area contributed by atoms with Gasteiger partial charge in [-0.3, -0.25) is 0 Å². The van der Waals surface area contributed by atoms with E-state index in [1.54, 1.807) is 39.8 Å². The third-order valence-corrected chi connectivity index (χ3v) is 21.9. The van der Waals surface area contributed by atoms with E-state index < -0.39 is 206 Å². The second kappa shape index (κ2) is 23.9. The standard InChI is InChI=1S/C58H90O24/c1-11-25(3)48(73)81-45-46(82-49(74)26(4)12-2)58(24-62)29(19-53(45,5)6)28-13-14-33-54(7)17-16-34(55(8,23-61)32(54)15-18-56(33,9)57(28,10)43(69)44(58)70)78-52-41(79-51-40(68)38(66)36(64)30(20-59)77-51)27(35(63)42(80-52)47(71)72)22-75-50-39(67)37(65)31(21-60)76-50/h11-13,27,29-46,50-52,59-70H,14-24H2,1-10H3,(H,71,72)/t27-,29?,30?,31+,32?,33?,34+,35+,36-,37?,38-,39+,40?,41?,42?,43+,44-,45+,46+,50-,51+,52-,54+,55-,56-,57+,58+/m1/s1. The Morgan fingerprint density at radius 1 is 0.659 bits per heavy atom. The van der Waals surface area contributed by atoms with Gasteiger partial charge in [0.05, 0.1) is 62.9 Å². The molecule has 24 nitrogen and oxygen atoms in total. The molecule has 466 valence electrons. The maximum Gasteiger partial charge on any atom is 0.335 e. The molecule has 27 atom stereocenters. The first-order chi connectivity index (χ1) is 38.4. The topological polar surface area (TPSA) is 388 Å². The van der Waals surface area contributed by atoms with Gasteiger partial charge in [-0.25, -0.2) is 14.4 Å². The molecule has 4 saturated carbocycles. The van der Waals surface area contributed by atoms with Crippen LogP contribution in [0.3, 0.4) is 0 Å². The van der Waals surface area contributed by atoms with E-state index in [0.717, 1.165) is 5.57 Å². The van der Waals surface area contributed by atoms with Crippen molar-refractivity contribution >= 4 is 17.9 Å². The van der Waals surface area contributed by atoms with Crippen LogP contribution >= 0.6 is 0 Å². The minimum Gasteiger partial charge on any atom is -0.479 e. The van der Waals surface area contributed by atoms with Crippen LogP contribution in [0.2, 0.25) is 0 Å². The zero-order chi connectivity index (χ0) is 60.7. The van der Waals surface area contributed by atoms with Gasteiger partial charge < -0.3 is 104 Å². The summed E-state index contributed by atoms with van der Waals surface area (Å²) in [5, 5.41) is 146. The number of carbonyl (C=O) groups is 3. The van der Waals surface area contributed by atoms with Crippen molar-refractivity contribution in [2.24, 2.45) is 56.2 Å². The largest absolute Gasteiger partial charge is 0.479 e. The number of rotatable bonds is 16. The van der Waals surface area contributed by atoms with Crippen LogP contribution in [-0.2, 0) is 52.3 Å². The van der Waals surface area contributed by atoms with Crippen LogP contribution in [0.15, 0.2) is 34.9 Å². The highest BCUT2D eigenvalue weighted by Gasteiger charge is 2.77. The Labute approximate surface area is 477 Å². The van der Waals surface area contributed by atoms with Crippen LogP contribution in [0.25, 0.3) is 0 Å². The normalized spacial score (nSPS) is 49.3. The van der Waals surface area contributed by atoms with Gasteiger partial charge in [0.15, 0.2) is 31.1 Å². The Bertz CT molecular complexity index is 2430. The van der Waals surface area contributed by atoms with Crippen LogP contribution in [0.1, 0.15) is 108 Å². The Morgan fingerprint density at radius 3 is 1.79 bits per heavy atom. The molecule has 8 unspecified atom stereocenters. The van der Waals surface area contributed by atoms with Crippen molar-refractivity contribution in [3.05, 3.63) is 34.9 Å². The van der Waals surface area contributed by atoms with E-state index in [0.29, 0.717) is 31.3 Å². The molecule has 8 rings (SSSR count). The lowest BCUT2D eigenvalue weighted by Gasteiger charge is -2.73. The Hall–Kier alpha value is -3.09. The quantitative estimate of drug-likeness (QED) is 0.0400. The van der Waals surface area contributed by atoms with Gasteiger partial charge in [0.2, 0.25) is 0 Å². The first kappa shape index (κ1) is 64.9. The second-order valence-corrected chi connectivity index (χ2v) is 26.2. The van der Waals surface area contributed by atoms with Crippen LogP contribution in [-0.4, -0.2) is 228 Å². The summed E-state index contributed by atoms with van der Waals surface area (Å²) >= 11 is 0. The van der Waals surface area contributed by atoms with Crippen molar-refractivity contribution in [2.75, 3.05) is 33.0 Å². The number of hydrogen-bond acceptors (Lipinski definition) is 23. The zero-order valence-corrected chi connectivity index (χ0v) is 48.5. The molecule has 0 aromatic carbocycles. The average Bonchev–Trinajstić information content (AvgIpc) is 3.62. The molecule has 3 saturated heterocycles. The monoisotopic (exact) mass is 1170 g/mol. The number of esters is 2. The van der Waals surface area contributed by atoms with Crippen LogP contribution in [0.4, 0.5) is 0 Å². The summed E-state index contributed by atoms with van der Waals surface area (Å²) in [4.78, 5) is 40.4. The number of hydrogen-bond donors (Lipinski definition) is 13. The van der Waals surface area contributed by atoms with Gasteiger partial charge in [-0.1, -0.05) is 65.3 Å². The number of fused-ring (bicyclic) bond motifs is 7. The number of carboxylic acid groups (broad SMARTS) is 1. The summed E-state index contributed by atoms with van der Waals surface area (Å²) in [5.41, 5.74) is -5.16. The van der Waals surface area contributed by atoms with E-state index in [1.807, 2.05) is 27.7 Å². The molecule has 5 aliphatic carbocycles. The number of carboxylic acids is 1. The number of ether oxygens (including phenoxy) is 8. The molecule has 0 spiro atoms. The lowest BCUT2D eigenvalue weighted by molar-refractivity contribution is -0.374. The summed E-state index contributed by atoms with van der Waals surface area (Å²) in [6.45, 7) is 14.8. The maximum absolute atomic E-state index is 13.9. The Morgan fingerprint density at radius 2 is 1.23 bits per heavy atom. The van der Waals surface area contributed by atoms with Crippen molar-refractivity contribution in [1.82, 2.24) is 0 Å². The molecule has 8 aliphatic rings. The Balaban J connectivity index is 1.14.